The van der Waals surface area contributed by atoms with Crippen LogP contribution in [-0.4, -0.2) is 49.5 Å². The molecule has 1 heterocycles. The van der Waals surface area contributed by atoms with Crippen LogP contribution in [-0.2, 0) is 14.8 Å². The molecule has 8 heteroatoms. The average molecular weight is 349 g/mol. The molecule has 0 spiro atoms. The van der Waals surface area contributed by atoms with E-state index >= 15 is 0 Å². The van der Waals surface area contributed by atoms with Gasteiger partial charge in [0.1, 0.15) is 6.04 Å². The van der Waals surface area contributed by atoms with Crippen molar-refractivity contribution >= 4 is 31.9 Å². The largest absolute Gasteiger partial charge is 0.480 e. The minimum atomic E-state index is -3.82. The van der Waals surface area contributed by atoms with E-state index in [0.717, 1.165) is 4.31 Å². The van der Waals surface area contributed by atoms with Gasteiger partial charge in [0.25, 0.3) is 0 Å². The van der Waals surface area contributed by atoms with Crippen molar-refractivity contribution in [2.24, 2.45) is 0 Å². The quantitative estimate of drug-likeness (QED) is 0.830. The summed E-state index contributed by atoms with van der Waals surface area (Å²) in [6.07, 6.45) is 0. The number of carboxylic acids is 1. The lowest BCUT2D eigenvalue weighted by molar-refractivity contribution is -0.141. The van der Waals surface area contributed by atoms with Crippen LogP contribution in [0.3, 0.4) is 0 Å². The Morgan fingerprint density at radius 1 is 1.42 bits per heavy atom. The van der Waals surface area contributed by atoms with Gasteiger partial charge < -0.3 is 10.4 Å². The van der Waals surface area contributed by atoms with E-state index in [1.54, 1.807) is 18.2 Å². The second kappa shape index (κ2) is 5.58. The number of nitrogens with one attached hydrogen (secondary N) is 1. The number of hydrogen-bond acceptors (Lipinski definition) is 4. The van der Waals surface area contributed by atoms with E-state index in [1.807, 2.05) is 0 Å². The fourth-order valence-corrected chi connectivity index (χ4v) is 4.51. The number of carbonyl (C=O) groups is 1. The maximum atomic E-state index is 12.5. The smallest absolute Gasteiger partial charge is 0.323 e. The van der Waals surface area contributed by atoms with Crippen molar-refractivity contribution in [1.82, 2.24) is 9.62 Å². The fraction of sp³-hybridized carbons (Fsp3) is 0.364. The Morgan fingerprint density at radius 2 is 2.11 bits per heavy atom. The van der Waals surface area contributed by atoms with Crippen molar-refractivity contribution in [2.75, 3.05) is 19.6 Å². The van der Waals surface area contributed by atoms with E-state index in [1.165, 1.54) is 6.07 Å². The highest BCUT2D eigenvalue weighted by Crippen LogP contribution is 2.26. The molecule has 19 heavy (non-hydrogen) atoms. The van der Waals surface area contributed by atoms with Crippen LogP contribution < -0.4 is 5.32 Å². The van der Waals surface area contributed by atoms with Crippen LogP contribution in [0, 0.1) is 0 Å². The van der Waals surface area contributed by atoms with Crippen LogP contribution in [0.5, 0.6) is 0 Å². The zero-order valence-electron chi connectivity index (χ0n) is 9.91. The van der Waals surface area contributed by atoms with Gasteiger partial charge in [0.05, 0.1) is 4.90 Å². The summed E-state index contributed by atoms with van der Waals surface area (Å²) in [7, 11) is -3.82. The van der Waals surface area contributed by atoms with Crippen LogP contribution >= 0.6 is 15.9 Å². The Balaban J connectivity index is 2.43. The lowest BCUT2D eigenvalue weighted by Crippen LogP contribution is -2.56. The average Bonchev–Trinajstić information content (AvgIpc) is 2.39. The molecule has 1 aliphatic heterocycles. The molecule has 0 radical (unpaired) electrons. The van der Waals surface area contributed by atoms with Crippen molar-refractivity contribution in [3.63, 3.8) is 0 Å². The molecule has 104 valence electrons. The van der Waals surface area contributed by atoms with Gasteiger partial charge in [-0.1, -0.05) is 12.1 Å². The summed E-state index contributed by atoms with van der Waals surface area (Å²) < 4.78 is 26.5. The van der Waals surface area contributed by atoms with Gasteiger partial charge >= 0.3 is 5.97 Å². The number of benzene rings is 1. The third-order valence-corrected chi connectivity index (χ3v) is 5.82. The molecule has 1 aromatic carbocycles. The van der Waals surface area contributed by atoms with Gasteiger partial charge in [-0.2, -0.15) is 4.31 Å². The zero-order valence-corrected chi connectivity index (χ0v) is 12.3. The van der Waals surface area contributed by atoms with Gasteiger partial charge in [0.15, 0.2) is 0 Å². The number of sulfonamides is 1. The van der Waals surface area contributed by atoms with E-state index in [-0.39, 0.29) is 18.0 Å². The fourth-order valence-electron chi connectivity index (χ4n) is 1.96. The van der Waals surface area contributed by atoms with Crippen LogP contribution in [0.4, 0.5) is 0 Å². The summed E-state index contributed by atoms with van der Waals surface area (Å²) in [5.41, 5.74) is 0. The predicted molar refractivity (Wildman–Crippen MR) is 72.3 cm³/mol. The molecule has 2 rings (SSSR count). The molecule has 0 aromatic heterocycles. The summed E-state index contributed by atoms with van der Waals surface area (Å²) in [6.45, 7) is 0.688. The second-order valence-electron chi connectivity index (χ2n) is 4.10. The highest BCUT2D eigenvalue weighted by atomic mass is 79.9. The lowest BCUT2D eigenvalue weighted by Gasteiger charge is -2.32. The first kappa shape index (κ1) is 14.4. The molecule has 0 amide bonds. The van der Waals surface area contributed by atoms with E-state index < -0.39 is 22.0 Å². The van der Waals surface area contributed by atoms with Crippen molar-refractivity contribution in [3.8, 4) is 0 Å². The Kier molecular flexibility index (Phi) is 4.24. The van der Waals surface area contributed by atoms with E-state index in [4.69, 9.17) is 5.11 Å². The third kappa shape index (κ3) is 2.81. The van der Waals surface area contributed by atoms with Gasteiger partial charge in [-0.3, -0.25) is 4.79 Å². The Bertz CT molecular complexity index is 590. The first-order valence-electron chi connectivity index (χ1n) is 5.64. The molecule has 1 unspecified atom stereocenters. The van der Waals surface area contributed by atoms with E-state index in [9.17, 15) is 13.2 Å². The number of halogens is 1. The summed E-state index contributed by atoms with van der Waals surface area (Å²) >= 11 is 3.19. The van der Waals surface area contributed by atoms with Gasteiger partial charge in [-0.25, -0.2) is 8.42 Å². The number of hydrogen-bond donors (Lipinski definition) is 2. The molecule has 0 aliphatic carbocycles. The monoisotopic (exact) mass is 348 g/mol. The topological polar surface area (TPSA) is 86.7 Å². The summed E-state index contributed by atoms with van der Waals surface area (Å²) in [6, 6.07) is 5.31. The van der Waals surface area contributed by atoms with E-state index in [0.29, 0.717) is 11.0 Å². The highest BCUT2D eigenvalue weighted by Gasteiger charge is 2.38. The minimum absolute atomic E-state index is 0.0863. The summed E-state index contributed by atoms with van der Waals surface area (Å²) in [5.74, 6) is -1.15. The summed E-state index contributed by atoms with van der Waals surface area (Å²) in [5, 5.41) is 12.0. The Hall–Kier alpha value is -0.960. The molecule has 1 saturated heterocycles. The minimum Gasteiger partial charge on any atom is -0.480 e. The molecule has 1 aromatic rings. The first-order valence-corrected chi connectivity index (χ1v) is 7.88. The van der Waals surface area contributed by atoms with Gasteiger partial charge in [0, 0.05) is 24.1 Å². The number of carboxylic acid groups (broad SMARTS) is 1. The molecule has 1 atom stereocenters. The van der Waals surface area contributed by atoms with Crippen molar-refractivity contribution in [3.05, 3.63) is 28.7 Å². The van der Waals surface area contributed by atoms with Gasteiger partial charge in [-0.05, 0) is 28.1 Å². The maximum absolute atomic E-state index is 12.5. The molecule has 0 bridgehead atoms. The number of aliphatic carboxylic acids is 1. The van der Waals surface area contributed by atoms with Crippen LogP contribution in [0.1, 0.15) is 0 Å². The van der Waals surface area contributed by atoms with E-state index in [2.05, 4.69) is 21.2 Å². The van der Waals surface area contributed by atoms with Crippen LogP contribution in [0.15, 0.2) is 33.6 Å². The first-order chi connectivity index (χ1) is 8.94. The highest BCUT2D eigenvalue weighted by molar-refractivity contribution is 9.10. The number of piperazine rings is 1. The molecule has 1 fully saturated rings. The Morgan fingerprint density at radius 3 is 2.74 bits per heavy atom. The van der Waals surface area contributed by atoms with Crippen LogP contribution in [0.2, 0.25) is 0 Å². The SMILES string of the molecule is O=C(O)C1CNCCN1S(=O)(=O)c1ccccc1Br. The Labute approximate surface area is 119 Å². The molecular formula is C11H13BrN2O4S. The second-order valence-corrected chi connectivity index (χ2v) is 6.82. The molecule has 6 nitrogen and oxygen atoms in total. The maximum Gasteiger partial charge on any atom is 0.323 e. The predicted octanol–water partition coefficient (Wildman–Crippen LogP) is 0.496. The van der Waals surface area contributed by atoms with Gasteiger partial charge in [-0.15, -0.1) is 0 Å². The summed E-state index contributed by atoms with van der Waals surface area (Å²) in [4.78, 5) is 11.3. The van der Waals surface area contributed by atoms with Crippen molar-refractivity contribution < 1.29 is 18.3 Å². The third-order valence-electron chi connectivity index (χ3n) is 2.90. The van der Waals surface area contributed by atoms with Crippen molar-refractivity contribution in [1.29, 1.82) is 0 Å². The molecule has 1 aliphatic rings. The molecular weight excluding hydrogens is 336 g/mol. The molecule has 0 saturated carbocycles. The number of nitrogens with zero attached hydrogens (tertiary/aromatic N) is 1. The zero-order chi connectivity index (χ0) is 14.0. The lowest BCUT2D eigenvalue weighted by atomic mass is 10.2. The molecule has 2 N–H and O–H groups in total. The van der Waals surface area contributed by atoms with Gasteiger partial charge in [0.2, 0.25) is 10.0 Å². The van der Waals surface area contributed by atoms with Crippen molar-refractivity contribution in [2.45, 2.75) is 10.9 Å². The standard InChI is InChI=1S/C11H13BrN2O4S/c12-8-3-1-2-4-10(8)19(17,18)14-6-5-13-7-9(14)11(15)16/h1-4,9,13H,5-7H2,(H,15,16). The number of rotatable bonds is 3. The van der Waals surface area contributed by atoms with Crippen LogP contribution in [0.25, 0.3) is 0 Å². The normalized spacial score (nSPS) is 21.2.